The van der Waals surface area contributed by atoms with E-state index in [1.54, 1.807) is 23.1 Å². The predicted octanol–water partition coefficient (Wildman–Crippen LogP) is 2.77. The zero-order valence-corrected chi connectivity index (χ0v) is 16.9. The molecule has 4 aromatic rings. The molecule has 1 aliphatic heterocycles. The molecule has 30 heavy (non-hydrogen) atoms. The summed E-state index contributed by atoms with van der Waals surface area (Å²) in [6.07, 6.45) is 3.28. The van der Waals surface area contributed by atoms with Crippen molar-refractivity contribution in [2.45, 2.75) is 6.92 Å². The Kier molecular flexibility index (Phi) is 4.55. The van der Waals surface area contributed by atoms with E-state index in [-0.39, 0.29) is 5.91 Å². The van der Waals surface area contributed by atoms with Crippen LogP contribution in [0.3, 0.4) is 0 Å². The molecule has 1 aliphatic rings. The predicted molar refractivity (Wildman–Crippen MR) is 112 cm³/mol. The molecule has 0 saturated carbocycles. The van der Waals surface area contributed by atoms with Crippen LogP contribution >= 0.6 is 0 Å². The number of amides is 1. The van der Waals surface area contributed by atoms with E-state index >= 15 is 0 Å². The van der Waals surface area contributed by atoms with Crippen LogP contribution in [-0.4, -0.2) is 68.7 Å². The summed E-state index contributed by atoms with van der Waals surface area (Å²) in [5, 5.41) is 5.41. The molecular weight excluding hydrogens is 380 g/mol. The van der Waals surface area contributed by atoms with Crippen LogP contribution in [0.4, 0.5) is 0 Å². The minimum absolute atomic E-state index is 0.000267. The first-order chi connectivity index (χ1) is 14.6. The van der Waals surface area contributed by atoms with Gasteiger partial charge in [0.2, 0.25) is 0 Å². The summed E-state index contributed by atoms with van der Waals surface area (Å²) in [6, 6.07) is 11.6. The van der Waals surface area contributed by atoms with Gasteiger partial charge in [-0.2, -0.15) is 5.10 Å². The van der Waals surface area contributed by atoms with Gasteiger partial charge in [-0.05, 0) is 32.2 Å². The summed E-state index contributed by atoms with van der Waals surface area (Å²) in [5.74, 6) is 1.07. The van der Waals surface area contributed by atoms with Gasteiger partial charge in [0.1, 0.15) is 11.3 Å². The Bertz CT molecular complexity index is 1190. The highest BCUT2D eigenvalue weighted by atomic mass is 16.3. The maximum Gasteiger partial charge on any atom is 0.257 e. The van der Waals surface area contributed by atoms with E-state index in [4.69, 9.17) is 4.42 Å². The van der Waals surface area contributed by atoms with Crippen LogP contribution in [0.5, 0.6) is 0 Å². The number of piperazine rings is 1. The number of rotatable bonds is 3. The summed E-state index contributed by atoms with van der Waals surface area (Å²) in [6.45, 7) is 5.06. The van der Waals surface area contributed by atoms with Gasteiger partial charge < -0.3 is 14.2 Å². The third-order valence-electron chi connectivity index (χ3n) is 5.54. The van der Waals surface area contributed by atoms with Gasteiger partial charge in [0, 0.05) is 37.8 Å². The molecule has 0 aliphatic carbocycles. The first-order valence-electron chi connectivity index (χ1n) is 9.95. The number of carbonyl (C=O) groups is 1. The van der Waals surface area contributed by atoms with Crippen molar-refractivity contribution in [2.24, 2.45) is 0 Å². The number of likely N-dealkylation sites (N-methyl/N-ethyl adjacent to an activating group) is 1. The molecule has 0 atom stereocenters. The molecule has 1 amide bonds. The van der Waals surface area contributed by atoms with Crippen molar-refractivity contribution in [1.82, 2.24) is 29.5 Å². The van der Waals surface area contributed by atoms with Crippen molar-refractivity contribution in [2.75, 3.05) is 33.2 Å². The fraction of sp³-hybridized carbons (Fsp3) is 0.273. The molecule has 0 bridgehead atoms. The van der Waals surface area contributed by atoms with E-state index < -0.39 is 0 Å². The van der Waals surface area contributed by atoms with E-state index in [0.29, 0.717) is 23.0 Å². The largest absolute Gasteiger partial charge is 0.454 e. The molecule has 0 radical (unpaired) electrons. The Labute approximate surface area is 173 Å². The number of hydrogen-bond donors (Lipinski definition) is 0. The molecule has 8 heteroatoms. The van der Waals surface area contributed by atoms with Crippen LogP contribution in [0.25, 0.3) is 28.4 Å². The monoisotopic (exact) mass is 402 g/mol. The summed E-state index contributed by atoms with van der Waals surface area (Å²) < 4.78 is 7.53. The first-order valence-corrected chi connectivity index (χ1v) is 9.95. The van der Waals surface area contributed by atoms with Gasteiger partial charge in [0.05, 0.1) is 17.5 Å². The third-order valence-corrected chi connectivity index (χ3v) is 5.54. The first kappa shape index (κ1) is 18.5. The molecule has 0 unspecified atom stereocenters. The zero-order chi connectivity index (χ0) is 20.7. The number of para-hydroxylation sites is 1. The van der Waals surface area contributed by atoms with Crippen LogP contribution in [0.1, 0.15) is 16.1 Å². The van der Waals surface area contributed by atoms with E-state index in [0.717, 1.165) is 42.8 Å². The van der Waals surface area contributed by atoms with E-state index in [1.807, 2.05) is 42.2 Å². The number of hydrogen-bond acceptors (Lipinski definition) is 6. The molecule has 1 aromatic carbocycles. The topological polar surface area (TPSA) is 80.3 Å². The Morgan fingerprint density at radius 1 is 1.10 bits per heavy atom. The van der Waals surface area contributed by atoms with E-state index in [1.165, 1.54) is 0 Å². The van der Waals surface area contributed by atoms with Crippen LogP contribution in [0.2, 0.25) is 0 Å². The van der Waals surface area contributed by atoms with Gasteiger partial charge in [-0.1, -0.05) is 18.2 Å². The molecule has 5 rings (SSSR count). The van der Waals surface area contributed by atoms with E-state index in [9.17, 15) is 4.79 Å². The van der Waals surface area contributed by atoms with Crippen molar-refractivity contribution in [3.8, 4) is 17.4 Å². The Morgan fingerprint density at radius 2 is 1.90 bits per heavy atom. The average molecular weight is 402 g/mol. The lowest BCUT2D eigenvalue weighted by Crippen LogP contribution is -2.47. The lowest BCUT2D eigenvalue weighted by molar-refractivity contribution is 0.0663. The molecule has 1 saturated heterocycles. The summed E-state index contributed by atoms with van der Waals surface area (Å²) in [4.78, 5) is 26.0. The van der Waals surface area contributed by atoms with Gasteiger partial charge in [-0.25, -0.2) is 14.6 Å². The Morgan fingerprint density at radius 3 is 2.70 bits per heavy atom. The fourth-order valence-electron chi connectivity index (χ4n) is 3.70. The number of nitrogens with zero attached hydrogens (tertiary/aromatic N) is 6. The van der Waals surface area contributed by atoms with Crippen LogP contribution in [0.15, 0.2) is 53.2 Å². The summed E-state index contributed by atoms with van der Waals surface area (Å²) in [7, 11) is 2.07. The quantitative estimate of drug-likeness (QED) is 0.524. The highest BCUT2D eigenvalue weighted by Crippen LogP contribution is 2.26. The third kappa shape index (κ3) is 3.25. The Balaban J connectivity index is 1.45. The number of fused-ring (bicyclic) bond motifs is 1. The second-order valence-corrected chi connectivity index (χ2v) is 7.54. The molecule has 0 N–H and O–H groups in total. The smallest absolute Gasteiger partial charge is 0.257 e. The Hall–Kier alpha value is -3.52. The van der Waals surface area contributed by atoms with Gasteiger partial charge >= 0.3 is 0 Å². The highest BCUT2D eigenvalue weighted by molar-refractivity contribution is 5.95. The van der Waals surface area contributed by atoms with Crippen molar-refractivity contribution < 1.29 is 9.21 Å². The molecule has 1 fully saturated rings. The molecule has 0 spiro atoms. The van der Waals surface area contributed by atoms with Crippen LogP contribution in [0, 0.1) is 6.92 Å². The van der Waals surface area contributed by atoms with Gasteiger partial charge in [-0.15, -0.1) is 0 Å². The minimum Gasteiger partial charge on any atom is -0.454 e. The lowest BCUT2D eigenvalue weighted by Gasteiger charge is -2.32. The molecule has 4 heterocycles. The SMILES string of the molecule is Cc1c(C(=O)N2CCN(C)CC2)cnn1-c1nccc(-c2cc3ccccc3o2)n1. The van der Waals surface area contributed by atoms with Crippen LogP contribution in [-0.2, 0) is 0 Å². The molecule has 3 aromatic heterocycles. The molecule has 152 valence electrons. The zero-order valence-electron chi connectivity index (χ0n) is 16.9. The second kappa shape index (κ2) is 7.38. The summed E-state index contributed by atoms with van der Waals surface area (Å²) in [5.41, 5.74) is 2.78. The molecule has 8 nitrogen and oxygen atoms in total. The molecular formula is C22H22N6O2. The van der Waals surface area contributed by atoms with Crippen molar-refractivity contribution >= 4 is 16.9 Å². The fourth-order valence-corrected chi connectivity index (χ4v) is 3.70. The normalized spacial score (nSPS) is 15.1. The maximum atomic E-state index is 13.0. The lowest BCUT2D eigenvalue weighted by atomic mass is 10.2. The number of carbonyl (C=O) groups excluding carboxylic acids is 1. The maximum absolute atomic E-state index is 13.0. The average Bonchev–Trinajstić information content (AvgIpc) is 3.37. The van der Waals surface area contributed by atoms with E-state index in [2.05, 4.69) is 27.0 Å². The van der Waals surface area contributed by atoms with Crippen molar-refractivity contribution in [3.05, 3.63) is 60.0 Å². The second-order valence-electron chi connectivity index (χ2n) is 7.54. The number of aromatic nitrogens is 4. The number of furan rings is 1. The van der Waals surface area contributed by atoms with Gasteiger partial charge in [0.25, 0.3) is 11.9 Å². The van der Waals surface area contributed by atoms with Crippen molar-refractivity contribution in [1.29, 1.82) is 0 Å². The van der Waals surface area contributed by atoms with Gasteiger partial charge in [-0.3, -0.25) is 4.79 Å². The van der Waals surface area contributed by atoms with Crippen molar-refractivity contribution in [3.63, 3.8) is 0 Å². The standard InChI is InChI=1S/C22H22N6O2/c1-15-17(21(29)27-11-9-26(2)10-12-27)14-24-28(15)22-23-8-7-18(25-22)20-13-16-5-3-4-6-19(16)30-20/h3-8,13-14H,9-12H2,1-2H3. The van der Waals surface area contributed by atoms with Crippen LogP contribution < -0.4 is 0 Å². The van der Waals surface area contributed by atoms with Gasteiger partial charge in [0.15, 0.2) is 5.76 Å². The minimum atomic E-state index is 0.000267. The highest BCUT2D eigenvalue weighted by Gasteiger charge is 2.24. The number of benzene rings is 1. The summed E-state index contributed by atoms with van der Waals surface area (Å²) >= 11 is 0.